The first-order valence-corrected chi connectivity index (χ1v) is 4.80. The van der Waals surface area contributed by atoms with Gasteiger partial charge >= 0.3 is 0 Å². The van der Waals surface area contributed by atoms with Gasteiger partial charge in [-0.15, -0.1) is 0 Å². The van der Waals surface area contributed by atoms with Gasteiger partial charge in [-0.2, -0.15) is 0 Å². The monoisotopic (exact) mass is 200 g/mol. The number of rotatable bonds is 3. The molecule has 14 heavy (non-hydrogen) atoms. The first kappa shape index (κ1) is 11.0. The minimum absolute atomic E-state index is 0.000791. The van der Waals surface area contributed by atoms with Crippen LogP contribution in [0.15, 0.2) is 0 Å². The molecule has 1 atom stereocenters. The summed E-state index contributed by atoms with van der Waals surface area (Å²) in [5.74, 6) is -0.272. The van der Waals surface area contributed by atoms with Crippen LogP contribution in [0.1, 0.15) is 20.3 Å². The van der Waals surface area contributed by atoms with Crippen molar-refractivity contribution < 1.29 is 14.7 Å². The predicted octanol–water partition coefficient (Wildman–Crippen LogP) is -0.896. The van der Waals surface area contributed by atoms with Crippen LogP contribution < -0.4 is 5.32 Å². The Labute approximate surface area is 83.1 Å². The molecule has 0 radical (unpaired) electrons. The molecule has 0 aliphatic carbocycles. The molecule has 1 aliphatic rings. The maximum atomic E-state index is 11.2. The van der Waals surface area contributed by atoms with Gasteiger partial charge in [0, 0.05) is 19.5 Å². The molecule has 2 N–H and O–H groups in total. The Kier molecular flexibility index (Phi) is 3.46. The maximum Gasteiger partial charge on any atom is 0.251 e. The Hall–Kier alpha value is -1.10. The number of aliphatic hydroxyl groups excluding tert-OH is 1. The number of likely N-dealkylation sites (tertiary alicyclic amines) is 1. The summed E-state index contributed by atoms with van der Waals surface area (Å²) in [4.78, 5) is 23.7. The molecule has 0 saturated carbocycles. The van der Waals surface area contributed by atoms with Crippen LogP contribution in [0.25, 0.3) is 0 Å². The van der Waals surface area contributed by atoms with E-state index < -0.39 is 6.10 Å². The molecule has 80 valence electrons. The fraction of sp³-hybridized carbons (Fsp3) is 0.778. The molecule has 2 amide bonds. The highest BCUT2D eigenvalue weighted by atomic mass is 16.3. The summed E-state index contributed by atoms with van der Waals surface area (Å²) in [6, 6.07) is 0.0603. The van der Waals surface area contributed by atoms with E-state index in [9.17, 15) is 9.59 Å². The van der Waals surface area contributed by atoms with Gasteiger partial charge in [-0.25, -0.2) is 0 Å². The Bertz CT molecular complexity index is 234. The van der Waals surface area contributed by atoms with Crippen molar-refractivity contribution in [1.82, 2.24) is 10.2 Å². The lowest BCUT2D eigenvalue weighted by Crippen LogP contribution is -2.62. The smallest absolute Gasteiger partial charge is 0.251 e. The van der Waals surface area contributed by atoms with Crippen molar-refractivity contribution in [3.63, 3.8) is 0 Å². The van der Waals surface area contributed by atoms with Crippen LogP contribution in [0.4, 0.5) is 0 Å². The van der Waals surface area contributed by atoms with Crippen molar-refractivity contribution in [3.05, 3.63) is 0 Å². The number of aliphatic hydroxyl groups is 1. The zero-order valence-electron chi connectivity index (χ0n) is 8.49. The molecule has 1 rings (SSSR count). The van der Waals surface area contributed by atoms with Gasteiger partial charge in [0.1, 0.15) is 6.10 Å². The van der Waals surface area contributed by atoms with E-state index in [1.165, 1.54) is 11.8 Å². The van der Waals surface area contributed by atoms with Crippen molar-refractivity contribution in [1.29, 1.82) is 0 Å². The number of hydrogen-bond donors (Lipinski definition) is 2. The zero-order chi connectivity index (χ0) is 10.7. The summed E-state index contributed by atoms with van der Waals surface area (Å²) < 4.78 is 0. The quantitative estimate of drug-likeness (QED) is 0.620. The molecule has 0 spiro atoms. The van der Waals surface area contributed by atoms with Gasteiger partial charge in [0.25, 0.3) is 5.91 Å². The van der Waals surface area contributed by atoms with Crippen LogP contribution in [0, 0.1) is 0 Å². The van der Waals surface area contributed by atoms with Crippen LogP contribution >= 0.6 is 0 Å². The standard InChI is InChI=1S/C9H16N2O3/c1-3-8(13)10-7-4-11(5-7)9(14)6(2)12/h6-7,12H,3-5H2,1-2H3,(H,10,13)/t6-/m1/s1. The molecule has 1 fully saturated rings. The third-order valence-electron chi connectivity index (χ3n) is 2.24. The Morgan fingerprint density at radius 3 is 2.57 bits per heavy atom. The third-order valence-corrected chi connectivity index (χ3v) is 2.24. The number of hydrogen-bond acceptors (Lipinski definition) is 3. The van der Waals surface area contributed by atoms with E-state index in [1.54, 1.807) is 6.92 Å². The SMILES string of the molecule is CCC(=O)NC1CN(C(=O)[C@@H](C)O)C1. The van der Waals surface area contributed by atoms with Crippen molar-refractivity contribution in [2.75, 3.05) is 13.1 Å². The number of carbonyl (C=O) groups excluding carboxylic acids is 2. The van der Waals surface area contributed by atoms with Gasteiger partial charge in [-0.3, -0.25) is 9.59 Å². The van der Waals surface area contributed by atoms with E-state index in [0.29, 0.717) is 19.5 Å². The molecule has 1 aliphatic heterocycles. The van der Waals surface area contributed by atoms with Crippen LogP contribution in [0.2, 0.25) is 0 Å². The van der Waals surface area contributed by atoms with Crippen molar-refractivity contribution in [2.24, 2.45) is 0 Å². The number of carbonyl (C=O) groups is 2. The van der Waals surface area contributed by atoms with Crippen molar-refractivity contribution in [2.45, 2.75) is 32.4 Å². The van der Waals surface area contributed by atoms with E-state index in [1.807, 2.05) is 0 Å². The number of nitrogens with one attached hydrogen (secondary N) is 1. The first-order chi connectivity index (χ1) is 6.54. The van der Waals surface area contributed by atoms with Crippen LogP contribution in [0.3, 0.4) is 0 Å². The summed E-state index contributed by atoms with van der Waals surface area (Å²) in [7, 11) is 0. The first-order valence-electron chi connectivity index (χ1n) is 4.80. The van der Waals surface area contributed by atoms with E-state index in [4.69, 9.17) is 5.11 Å². The molecule has 0 bridgehead atoms. The zero-order valence-corrected chi connectivity index (χ0v) is 8.49. The fourth-order valence-corrected chi connectivity index (χ4v) is 1.34. The molecule has 1 saturated heterocycles. The average Bonchev–Trinajstić information content (AvgIpc) is 2.08. The normalized spacial score (nSPS) is 18.6. The summed E-state index contributed by atoms with van der Waals surface area (Å²) in [6.07, 6.45) is -0.487. The van der Waals surface area contributed by atoms with E-state index in [-0.39, 0.29) is 17.9 Å². The minimum Gasteiger partial charge on any atom is -0.384 e. The van der Waals surface area contributed by atoms with Gasteiger partial charge < -0.3 is 15.3 Å². The lowest BCUT2D eigenvalue weighted by Gasteiger charge is -2.40. The van der Waals surface area contributed by atoms with Crippen molar-refractivity contribution in [3.8, 4) is 0 Å². The van der Waals surface area contributed by atoms with Gasteiger partial charge in [-0.05, 0) is 6.92 Å². The minimum atomic E-state index is -0.946. The molecule has 0 aromatic carbocycles. The van der Waals surface area contributed by atoms with Gasteiger partial charge in [0.2, 0.25) is 5.91 Å². The van der Waals surface area contributed by atoms with Crippen molar-refractivity contribution >= 4 is 11.8 Å². The molecule has 0 aromatic heterocycles. The molecule has 5 heteroatoms. The lowest BCUT2D eigenvalue weighted by atomic mass is 10.1. The molecule has 0 unspecified atom stereocenters. The summed E-state index contributed by atoms with van der Waals surface area (Å²) in [5.41, 5.74) is 0. The maximum absolute atomic E-state index is 11.2. The second-order valence-electron chi connectivity index (χ2n) is 3.54. The Morgan fingerprint density at radius 1 is 1.57 bits per heavy atom. The van der Waals surface area contributed by atoms with E-state index in [2.05, 4.69) is 5.32 Å². The highest BCUT2D eigenvalue weighted by molar-refractivity contribution is 5.82. The molecule has 0 aromatic rings. The lowest BCUT2D eigenvalue weighted by molar-refractivity contribution is -0.145. The van der Waals surface area contributed by atoms with Crippen LogP contribution in [0.5, 0.6) is 0 Å². The molecular weight excluding hydrogens is 184 g/mol. The van der Waals surface area contributed by atoms with Gasteiger partial charge in [-0.1, -0.05) is 6.92 Å². The summed E-state index contributed by atoms with van der Waals surface area (Å²) >= 11 is 0. The molecular formula is C9H16N2O3. The van der Waals surface area contributed by atoms with Crippen LogP contribution in [-0.2, 0) is 9.59 Å². The largest absolute Gasteiger partial charge is 0.384 e. The third kappa shape index (κ3) is 2.45. The molecule has 1 heterocycles. The van der Waals surface area contributed by atoms with Crippen LogP contribution in [-0.4, -0.2) is 47.1 Å². The second-order valence-corrected chi connectivity index (χ2v) is 3.54. The molecule has 5 nitrogen and oxygen atoms in total. The average molecular weight is 200 g/mol. The number of amides is 2. The Balaban J connectivity index is 2.23. The predicted molar refractivity (Wildman–Crippen MR) is 50.5 cm³/mol. The van der Waals surface area contributed by atoms with Gasteiger partial charge in [0.15, 0.2) is 0 Å². The second kappa shape index (κ2) is 4.41. The number of nitrogens with zero attached hydrogens (tertiary/aromatic N) is 1. The fourth-order valence-electron chi connectivity index (χ4n) is 1.34. The summed E-state index contributed by atoms with van der Waals surface area (Å²) in [6.45, 7) is 4.25. The van der Waals surface area contributed by atoms with E-state index in [0.717, 1.165) is 0 Å². The highest BCUT2D eigenvalue weighted by Gasteiger charge is 2.32. The summed E-state index contributed by atoms with van der Waals surface area (Å²) in [5, 5.41) is 11.8. The van der Waals surface area contributed by atoms with Gasteiger partial charge in [0.05, 0.1) is 6.04 Å². The van der Waals surface area contributed by atoms with E-state index >= 15 is 0 Å². The Morgan fingerprint density at radius 2 is 2.14 bits per heavy atom. The topological polar surface area (TPSA) is 69.6 Å². The highest BCUT2D eigenvalue weighted by Crippen LogP contribution is 2.09.